The maximum Gasteiger partial charge on any atom is 0.251 e. The second-order valence-electron chi connectivity index (χ2n) is 7.43. The zero-order valence-corrected chi connectivity index (χ0v) is 17.4. The molecule has 1 unspecified atom stereocenters. The lowest BCUT2D eigenvalue weighted by Crippen LogP contribution is -2.37. The van der Waals surface area contributed by atoms with Gasteiger partial charge in [0.1, 0.15) is 17.6 Å². The van der Waals surface area contributed by atoms with Crippen molar-refractivity contribution in [3.05, 3.63) is 99.6 Å². The Morgan fingerprint density at radius 2 is 1.69 bits per heavy atom. The Morgan fingerprint density at radius 3 is 2.41 bits per heavy atom. The lowest BCUT2D eigenvalue weighted by Gasteiger charge is -2.24. The Hall–Kier alpha value is -3.58. The summed E-state index contributed by atoms with van der Waals surface area (Å²) in [6.07, 6.45) is -0.000807. The Labute approximate surface area is 187 Å². The number of benzene rings is 3. The first kappa shape index (κ1) is 21.6. The number of halogens is 3. The van der Waals surface area contributed by atoms with Gasteiger partial charge in [-0.15, -0.1) is 0 Å². The van der Waals surface area contributed by atoms with E-state index in [-0.39, 0.29) is 34.9 Å². The molecule has 3 aromatic rings. The molecule has 5 nitrogen and oxygen atoms in total. The number of Topliss-reactive ketones (excluding diaryl/α,β-unsaturated/α-hetero) is 1. The summed E-state index contributed by atoms with van der Waals surface area (Å²) < 4.78 is 26.8. The molecular formula is C24H17ClF2N2O3. The van der Waals surface area contributed by atoms with Crippen LogP contribution in [0.3, 0.4) is 0 Å². The van der Waals surface area contributed by atoms with Gasteiger partial charge < -0.3 is 10.6 Å². The minimum atomic E-state index is -1.05. The van der Waals surface area contributed by atoms with Crippen molar-refractivity contribution in [2.45, 2.75) is 13.0 Å². The maximum atomic E-state index is 13.7. The van der Waals surface area contributed by atoms with Crippen LogP contribution in [-0.4, -0.2) is 17.6 Å². The number of carbonyl (C=O) groups is 3. The van der Waals surface area contributed by atoms with Crippen LogP contribution in [0.15, 0.2) is 60.7 Å². The Bertz CT molecular complexity index is 1230. The molecule has 0 radical (unpaired) electrons. The fraction of sp³-hybridized carbons (Fsp3) is 0.125. The zero-order chi connectivity index (χ0) is 22.8. The van der Waals surface area contributed by atoms with Gasteiger partial charge in [-0.25, -0.2) is 8.78 Å². The van der Waals surface area contributed by atoms with Gasteiger partial charge in [-0.05, 0) is 60.0 Å². The number of amides is 2. The van der Waals surface area contributed by atoms with E-state index in [2.05, 4.69) is 10.6 Å². The van der Waals surface area contributed by atoms with E-state index in [1.54, 1.807) is 18.2 Å². The highest BCUT2D eigenvalue weighted by Gasteiger charge is 2.34. The monoisotopic (exact) mass is 454 g/mol. The summed E-state index contributed by atoms with van der Waals surface area (Å²) >= 11 is 5.69. The third kappa shape index (κ3) is 4.53. The first-order chi connectivity index (χ1) is 15.3. The largest absolute Gasteiger partial charge is 0.348 e. The van der Waals surface area contributed by atoms with Gasteiger partial charge in [-0.2, -0.15) is 0 Å². The smallest absolute Gasteiger partial charge is 0.251 e. The fourth-order valence-electron chi connectivity index (χ4n) is 3.50. The minimum Gasteiger partial charge on any atom is -0.348 e. The van der Waals surface area contributed by atoms with Gasteiger partial charge in [0, 0.05) is 17.7 Å². The average molecular weight is 455 g/mol. The van der Waals surface area contributed by atoms with E-state index in [1.807, 2.05) is 0 Å². The molecule has 4 rings (SSSR count). The third-order valence-electron chi connectivity index (χ3n) is 5.23. The number of fused-ring (bicyclic) bond motifs is 1. The molecule has 0 bridgehead atoms. The maximum absolute atomic E-state index is 13.7. The van der Waals surface area contributed by atoms with Crippen molar-refractivity contribution in [1.29, 1.82) is 0 Å². The van der Waals surface area contributed by atoms with Crippen molar-refractivity contribution in [3.8, 4) is 0 Å². The van der Waals surface area contributed by atoms with E-state index in [0.717, 1.165) is 5.56 Å². The van der Waals surface area contributed by atoms with Crippen LogP contribution in [0.5, 0.6) is 0 Å². The molecule has 1 heterocycles. The quantitative estimate of drug-likeness (QED) is 0.556. The van der Waals surface area contributed by atoms with Gasteiger partial charge in [0.15, 0.2) is 5.78 Å². The summed E-state index contributed by atoms with van der Waals surface area (Å²) in [5.74, 6) is -3.42. The first-order valence-corrected chi connectivity index (χ1v) is 10.2. The van der Waals surface area contributed by atoms with Crippen LogP contribution in [0.25, 0.3) is 0 Å². The number of anilines is 1. The minimum absolute atomic E-state index is 0.000807. The highest BCUT2D eigenvalue weighted by Crippen LogP contribution is 2.29. The van der Waals surface area contributed by atoms with E-state index in [4.69, 9.17) is 11.6 Å². The number of hydrogen-bond donors (Lipinski definition) is 2. The number of nitrogens with one attached hydrogen (secondary N) is 2. The highest BCUT2D eigenvalue weighted by molar-refractivity contribution is 6.30. The van der Waals surface area contributed by atoms with Crippen molar-refractivity contribution < 1.29 is 23.2 Å². The van der Waals surface area contributed by atoms with E-state index >= 15 is 0 Å². The molecule has 0 saturated carbocycles. The molecule has 1 aliphatic rings. The molecule has 0 saturated heterocycles. The Kier molecular flexibility index (Phi) is 6.01. The third-order valence-corrected chi connectivity index (χ3v) is 5.53. The van der Waals surface area contributed by atoms with Crippen molar-refractivity contribution in [3.63, 3.8) is 0 Å². The van der Waals surface area contributed by atoms with Gasteiger partial charge in [-0.1, -0.05) is 29.8 Å². The molecule has 32 heavy (non-hydrogen) atoms. The topological polar surface area (TPSA) is 75.3 Å². The first-order valence-electron chi connectivity index (χ1n) is 9.77. The summed E-state index contributed by atoms with van der Waals surface area (Å²) in [5.41, 5.74) is 1.94. The molecule has 0 aromatic heterocycles. The van der Waals surface area contributed by atoms with Gasteiger partial charge in [0.05, 0.1) is 10.7 Å². The Morgan fingerprint density at radius 1 is 0.969 bits per heavy atom. The van der Waals surface area contributed by atoms with Crippen LogP contribution in [0.1, 0.15) is 31.8 Å². The van der Waals surface area contributed by atoms with Crippen LogP contribution in [0, 0.1) is 17.6 Å². The highest BCUT2D eigenvalue weighted by atomic mass is 35.5. The normalized spacial score (nSPS) is 15.2. The molecule has 1 aliphatic heterocycles. The Balaban J connectivity index is 1.51. The zero-order valence-electron chi connectivity index (χ0n) is 16.6. The SMILES string of the molecule is O=C(NCc1ccc(F)cc1)c1ccc2c(c1)C(=O)C(Cc1ccc(Cl)c(F)c1)C(=O)N2. The summed E-state index contributed by atoms with van der Waals surface area (Å²) in [6, 6.07) is 14.3. The molecule has 0 fully saturated rings. The van der Waals surface area contributed by atoms with Gasteiger partial charge in [0.25, 0.3) is 5.91 Å². The summed E-state index contributed by atoms with van der Waals surface area (Å²) in [4.78, 5) is 38.0. The molecule has 0 aliphatic carbocycles. The van der Waals surface area contributed by atoms with Crippen LogP contribution in [0.4, 0.5) is 14.5 Å². The van der Waals surface area contributed by atoms with Crippen molar-refractivity contribution in [2.75, 3.05) is 5.32 Å². The van der Waals surface area contributed by atoms with Gasteiger partial charge in [0.2, 0.25) is 5.91 Å². The van der Waals surface area contributed by atoms with Crippen molar-refractivity contribution >= 4 is 34.9 Å². The molecule has 2 N–H and O–H groups in total. The molecule has 1 atom stereocenters. The van der Waals surface area contributed by atoms with Crippen LogP contribution in [-0.2, 0) is 17.8 Å². The summed E-state index contributed by atoms with van der Waals surface area (Å²) in [7, 11) is 0. The van der Waals surface area contributed by atoms with E-state index < -0.39 is 29.3 Å². The van der Waals surface area contributed by atoms with Gasteiger partial charge >= 0.3 is 0 Å². The summed E-state index contributed by atoms with van der Waals surface area (Å²) in [5, 5.41) is 5.34. The van der Waals surface area contributed by atoms with Crippen molar-refractivity contribution in [1.82, 2.24) is 5.32 Å². The molecule has 0 spiro atoms. The lowest BCUT2D eigenvalue weighted by atomic mass is 9.86. The number of ketones is 1. The number of hydrogen-bond acceptors (Lipinski definition) is 3. The second kappa shape index (κ2) is 8.88. The van der Waals surface area contributed by atoms with Crippen LogP contribution >= 0.6 is 11.6 Å². The van der Waals surface area contributed by atoms with E-state index in [9.17, 15) is 23.2 Å². The van der Waals surface area contributed by atoms with Crippen molar-refractivity contribution in [2.24, 2.45) is 5.92 Å². The standard InChI is InChI=1S/C24H17ClF2N2O3/c25-19-7-3-14(10-20(19)27)9-18-22(30)17-11-15(4-8-21(17)29-24(18)32)23(31)28-12-13-1-5-16(26)6-2-13/h1-8,10-11,18H,9,12H2,(H,28,31)(H,29,32). The average Bonchev–Trinajstić information content (AvgIpc) is 2.78. The molecule has 2 amide bonds. The number of carbonyl (C=O) groups excluding carboxylic acids is 3. The number of rotatable bonds is 5. The van der Waals surface area contributed by atoms with Crippen LogP contribution in [0.2, 0.25) is 5.02 Å². The lowest BCUT2D eigenvalue weighted by molar-refractivity contribution is -0.118. The fourth-order valence-corrected chi connectivity index (χ4v) is 3.62. The van der Waals surface area contributed by atoms with Gasteiger partial charge in [-0.3, -0.25) is 14.4 Å². The van der Waals surface area contributed by atoms with Crippen LogP contribution < -0.4 is 10.6 Å². The molecule has 8 heteroatoms. The second-order valence-corrected chi connectivity index (χ2v) is 7.84. The van der Waals surface area contributed by atoms with E-state index in [0.29, 0.717) is 11.3 Å². The molecule has 162 valence electrons. The molecular weight excluding hydrogens is 438 g/mol. The molecule has 3 aromatic carbocycles. The van der Waals surface area contributed by atoms with E-state index in [1.165, 1.54) is 42.5 Å². The summed E-state index contributed by atoms with van der Waals surface area (Å²) in [6.45, 7) is 0.186. The predicted molar refractivity (Wildman–Crippen MR) is 116 cm³/mol. The predicted octanol–water partition coefficient (Wildman–Crippen LogP) is 4.54.